The number of fused-ring (bicyclic) bond motifs is 1. The maximum absolute atomic E-state index is 15.5. The lowest BCUT2D eigenvalue weighted by molar-refractivity contribution is 0.0772. The molecule has 0 amide bonds. The number of aryl methyl sites for hydroxylation is 1. The summed E-state index contributed by atoms with van der Waals surface area (Å²) in [5, 5.41) is 25.8. The molecule has 0 spiro atoms. The van der Waals surface area contributed by atoms with Gasteiger partial charge in [0.1, 0.15) is 11.5 Å². The van der Waals surface area contributed by atoms with E-state index in [1.807, 2.05) is 22.6 Å². The molecule has 11 nitrogen and oxygen atoms in total. The predicted molar refractivity (Wildman–Crippen MR) is 151 cm³/mol. The molecule has 0 saturated carbocycles. The van der Waals surface area contributed by atoms with Crippen LogP contribution in [0.25, 0.3) is 22.2 Å². The van der Waals surface area contributed by atoms with Crippen molar-refractivity contribution in [2.24, 2.45) is 7.05 Å². The molecule has 2 aromatic heterocycles. The van der Waals surface area contributed by atoms with Crippen molar-refractivity contribution in [2.45, 2.75) is 12.6 Å². The first-order valence-corrected chi connectivity index (χ1v) is 14.2. The Balaban J connectivity index is 2.11. The van der Waals surface area contributed by atoms with Gasteiger partial charge in [-0.15, -0.1) is 0 Å². The number of hydrogen-bond acceptors (Lipinski definition) is 8. The van der Waals surface area contributed by atoms with E-state index in [-0.39, 0.29) is 33.5 Å². The summed E-state index contributed by atoms with van der Waals surface area (Å²) in [6.45, 7) is -1.21. The molecule has 0 bridgehead atoms. The van der Waals surface area contributed by atoms with Crippen molar-refractivity contribution >= 4 is 60.6 Å². The van der Waals surface area contributed by atoms with Crippen LogP contribution in [0.3, 0.4) is 0 Å². The van der Waals surface area contributed by atoms with Crippen LogP contribution in [-0.4, -0.2) is 51.9 Å². The number of aliphatic hydroxyl groups excluding tert-OH is 2. The van der Waals surface area contributed by atoms with Crippen molar-refractivity contribution < 1.29 is 27.4 Å². The van der Waals surface area contributed by atoms with Crippen molar-refractivity contribution in [3.63, 3.8) is 0 Å². The first-order valence-electron chi connectivity index (χ1n) is 11.2. The molecular formula is C24H22F2IN5O6S. The topological polar surface area (TPSA) is 156 Å². The van der Waals surface area contributed by atoms with E-state index in [4.69, 9.17) is 0 Å². The molecular weight excluding hydrogens is 651 g/mol. The highest BCUT2D eigenvalue weighted by molar-refractivity contribution is 14.1. The first-order chi connectivity index (χ1) is 18.3. The van der Waals surface area contributed by atoms with Crippen molar-refractivity contribution in [3.8, 4) is 11.3 Å². The second-order valence-electron chi connectivity index (χ2n) is 8.65. The van der Waals surface area contributed by atoms with E-state index in [1.165, 1.54) is 49.5 Å². The minimum Gasteiger partial charge on any atom is -0.394 e. The van der Waals surface area contributed by atoms with Crippen LogP contribution >= 0.6 is 22.6 Å². The van der Waals surface area contributed by atoms with Gasteiger partial charge in [0.15, 0.2) is 0 Å². The van der Waals surface area contributed by atoms with Gasteiger partial charge in [-0.05, 0) is 52.9 Å². The molecule has 4 N–H and O–H groups in total. The van der Waals surface area contributed by atoms with Crippen molar-refractivity contribution in [1.82, 2.24) is 14.3 Å². The maximum Gasteiger partial charge on any atom is 0.289 e. The molecule has 0 aliphatic carbocycles. The van der Waals surface area contributed by atoms with Gasteiger partial charge < -0.3 is 20.1 Å². The van der Waals surface area contributed by atoms with Crippen molar-refractivity contribution in [1.29, 1.82) is 0 Å². The van der Waals surface area contributed by atoms with Gasteiger partial charge in [0.05, 0.1) is 47.8 Å². The Morgan fingerprint density at radius 2 is 1.85 bits per heavy atom. The summed E-state index contributed by atoms with van der Waals surface area (Å²) in [5.41, 5.74) is -2.70. The first kappa shape index (κ1) is 28.6. The van der Waals surface area contributed by atoms with Gasteiger partial charge >= 0.3 is 0 Å². The molecule has 0 aliphatic heterocycles. The van der Waals surface area contributed by atoms with Crippen LogP contribution in [0.1, 0.15) is 0 Å². The van der Waals surface area contributed by atoms with E-state index in [0.29, 0.717) is 3.57 Å². The van der Waals surface area contributed by atoms with Gasteiger partial charge in [0, 0.05) is 21.9 Å². The lowest BCUT2D eigenvalue weighted by Crippen LogP contribution is -2.34. The minimum absolute atomic E-state index is 0.0439. The fourth-order valence-corrected chi connectivity index (χ4v) is 4.95. The lowest BCUT2D eigenvalue weighted by atomic mass is 10.1. The zero-order valence-corrected chi connectivity index (χ0v) is 23.4. The van der Waals surface area contributed by atoms with Crippen molar-refractivity contribution in [2.75, 3.05) is 22.9 Å². The number of pyridine rings is 1. The molecule has 1 atom stereocenters. The van der Waals surface area contributed by atoms with Crippen LogP contribution in [-0.2, 0) is 23.6 Å². The Labute approximate surface area is 233 Å². The molecule has 0 fully saturated rings. The number of hydrogen-bond donors (Lipinski definition) is 4. The Hall–Kier alpha value is -3.41. The average Bonchev–Trinajstić information content (AvgIpc) is 2.86. The SMILES string of the molecule is Cn1c(=O)c(F)c(Nc2ccc(I)cc2F)c2c(=O)n(CC(O)CO)nc(-c3cccc(NS(C)(=O)=O)c3)c21. The molecule has 2 heterocycles. The van der Waals surface area contributed by atoms with E-state index >= 15 is 4.39 Å². The summed E-state index contributed by atoms with van der Waals surface area (Å²) in [5.74, 6) is -2.13. The third-order valence-electron chi connectivity index (χ3n) is 5.65. The average molecular weight is 673 g/mol. The summed E-state index contributed by atoms with van der Waals surface area (Å²) >= 11 is 1.89. The zero-order valence-electron chi connectivity index (χ0n) is 20.4. The van der Waals surface area contributed by atoms with Gasteiger partial charge in [-0.3, -0.25) is 14.3 Å². The zero-order chi connectivity index (χ0) is 28.6. The smallest absolute Gasteiger partial charge is 0.289 e. The van der Waals surface area contributed by atoms with E-state index < -0.39 is 57.7 Å². The van der Waals surface area contributed by atoms with Gasteiger partial charge in [-0.2, -0.15) is 9.49 Å². The molecule has 0 radical (unpaired) electrons. The summed E-state index contributed by atoms with van der Waals surface area (Å²) < 4.78 is 58.2. The molecule has 15 heteroatoms. The standard InChI is InChI=1S/C24H22F2IN5O6S/c1-31-22-18(21(19(26)24(31)36)28-17-7-6-13(27)9-16(17)25)23(35)32(10-15(34)11-33)29-20(22)12-4-3-5-14(8-12)30-39(2,37)38/h3-9,15,28,30,33-34H,10-11H2,1-2H3. The molecule has 1 unspecified atom stereocenters. The summed E-state index contributed by atoms with van der Waals surface area (Å²) in [4.78, 5) is 26.5. The Bertz CT molecular complexity index is 1830. The van der Waals surface area contributed by atoms with Crippen LogP contribution in [0.15, 0.2) is 52.1 Å². The summed E-state index contributed by atoms with van der Waals surface area (Å²) in [6.07, 6.45) is -0.459. The largest absolute Gasteiger partial charge is 0.394 e. The third-order valence-corrected chi connectivity index (χ3v) is 6.93. The van der Waals surface area contributed by atoms with Crippen LogP contribution in [0, 0.1) is 15.2 Å². The predicted octanol–water partition coefficient (Wildman–Crippen LogP) is 2.11. The number of nitrogens with one attached hydrogen (secondary N) is 2. The second-order valence-corrected chi connectivity index (χ2v) is 11.6. The molecule has 0 aliphatic rings. The molecule has 4 aromatic rings. The van der Waals surface area contributed by atoms with Gasteiger partial charge in [-0.25, -0.2) is 17.5 Å². The number of halogens is 3. The summed E-state index contributed by atoms with van der Waals surface area (Å²) in [6, 6.07) is 9.89. The molecule has 0 saturated heterocycles. The number of aliphatic hydroxyl groups is 2. The minimum atomic E-state index is -3.66. The molecule has 4 rings (SSSR count). The van der Waals surface area contributed by atoms with Gasteiger partial charge in [0.2, 0.25) is 15.8 Å². The normalized spacial score (nSPS) is 12.5. The van der Waals surface area contributed by atoms with Crippen LogP contribution in [0.4, 0.5) is 25.8 Å². The monoisotopic (exact) mass is 673 g/mol. The Morgan fingerprint density at radius 1 is 1.13 bits per heavy atom. The molecule has 39 heavy (non-hydrogen) atoms. The molecule has 206 valence electrons. The second kappa shape index (κ2) is 11.0. The van der Waals surface area contributed by atoms with E-state index in [2.05, 4.69) is 15.1 Å². The number of benzene rings is 2. The number of aromatic nitrogens is 3. The third kappa shape index (κ3) is 5.95. The van der Waals surface area contributed by atoms with E-state index in [1.54, 1.807) is 0 Å². The van der Waals surface area contributed by atoms with Crippen molar-refractivity contribution in [3.05, 3.63) is 78.4 Å². The number of rotatable bonds is 8. The Kier molecular flexibility index (Phi) is 8.06. The van der Waals surface area contributed by atoms with Gasteiger partial charge in [-0.1, -0.05) is 12.1 Å². The number of nitrogens with zero attached hydrogens (tertiary/aromatic N) is 3. The lowest BCUT2D eigenvalue weighted by Gasteiger charge is -2.19. The summed E-state index contributed by atoms with van der Waals surface area (Å²) in [7, 11) is -2.44. The van der Waals surface area contributed by atoms with Crippen LogP contribution in [0.5, 0.6) is 0 Å². The fourth-order valence-electron chi connectivity index (χ4n) is 3.94. The van der Waals surface area contributed by atoms with Crippen LogP contribution in [0.2, 0.25) is 0 Å². The number of sulfonamides is 1. The number of anilines is 3. The van der Waals surface area contributed by atoms with E-state index in [9.17, 15) is 32.6 Å². The van der Waals surface area contributed by atoms with E-state index in [0.717, 1.165) is 15.5 Å². The highest BCUT2D eigenvalue weighted by Gasteiger charge is 2.25. The quantitative estimate of drug-likeness (QED) is 0.208. The fraction of sp³-hybridized carbons (Fsp3) is 0.208. The molecule has 2 aromatic carbocycles. The maximum atomic E-state index is 15.5. The van der Waals surface area contributed by atoms with Crippen LogP contribution < -0.4 is 21.2 Å². The van der Waals surface area contributed by atoms with Gasteiger partial charge in [0.25, 0.3) is 11.1 Å². The Morgan fingerprint density at radius 3 is 2.49 bits per heavy atom. The highest BCUT2D eigenvalue weighted by Crippen LogP contribution is 2.32. The highest BCUT2D eigenvalue weighted by atomic mass is 127.